The van der Waals surface area contributed by atoms with Gasteiger partial charge in [0.25, 0.3) is 0 Å². The van der Waals surface area contributed by atoms with Crippen LogP contribution in [-0.4, -0.2) is 19.1 Å². The zero-order valence-electron chi connectivity index (χ0n) is 8.80. The minimum atomic E-state index is -0.887. The van der Waals surface area contributed by atoms with Crippen LogP contribution in [0.15, 0.2) is 12.1 Å². The average Bonchev–Trinajstić information content (AvgIpc) is 2.76. The Hall–Kier alpha value is -1.20. The summed E-state index contributed by atoms with van der Waals surface area (Å²) in [5, 5.41) is 2.17. The van der Waals surface area contributed by atoms with Crippen molar-refractivity contribution in [1.29, 1.82) is 0 Å². The molecular formula is C11H10ClF2NO2. The van der Waals surface area contributed by atoms with E-state index in [0.717, 1.165) is 12.1 Å². The van der Waals surface area contributed by atoms with Crippen LogP contribution in [0.2, 0.25) is 5.02 Å². The Bertz CT molecular complexity index is 424. The van der Waals surface area contributed by atoms with E-state index in [0.29, 0.717) is 13.0 Å². The van der Waals surface area contributed by atoms with Crippen molar-refractivity contribution in [2.45, 2.75) is 6.42 Å². The normalized spacial score (nSPS) is 19.4. The molecule has 1 aromatic rings. The Labute approximate surface area is 102 Å². The van der Waals surface area contributed by atoms with Gasteiger partial charge in [-0.2, -0.15) is 0 Å². The van der Waals surface area contributed by atoms with Crippen LogP contribution >= 0.6 is 11.6 Å². The van der Waals surface area contributed by atoms with Gasteiger partial charge in [-0.25, -0.2) is 8.78 Å². The maximum absolute atomic E-state index is 13.4. The Morgan fingerprint density at radius 1 is 1.41 bits per heavy atom. The molecule has 1 aromatic carbocycles. The summed E-state index contributed by atoms with van der Waals surface area (Å²) in [6.07, 6.45) is 0.558. The zero-order valence-corrected chi connectivity index (χ0v) is 9.56. The lowest BCUT2D eigenvalue weighted by Crippen LogP contribution is -2.24. The topological polar surface area (TPSA) is 38.3 Å². The number of hydrogen-bond donors (Lipinski definition) is 1. The third-order valence-electron chi connectivity index (χ3n) is 2.56. The summed E-state index contributed by atoms with van der Waals surface area (Å²) in [5.74, 6) is -2.57. The number of carbonyl (C=O) groups is 1. The molecule has 0 spiro atoms. The lowest BCUT2D eigenvalue weighted by atomic mass is 10.1. The van der Waals surface area contributed by atoms with Crippen molar-refractivity contribution in [3.8, 4) is 0 Å². The molecule has 1 atom stereocenters. The summed E-state index contributed by atoms with van der Waals surface area (Å²) in [6.45, 7) is 0.770. The molecule has 1 heterocycles. The molecule has 1 saturated heterocycles. The molecule has 6 heteroatoms. The second kappa shape index (κ2) is 4.98. The standard InChI is InChI=1S/C11H10ClF2NO2/c12-7-3-8(13)10(9(14)4-7)15-11(16)6-1-2-17-5-6/h3-4,6H,1-2,5H2,(H,15,16). The highest BCUT2D eigenvalue weighted by atomic mass is 35.5. The second-order valence-electron chi connectivity index (χ2n) is 3.79. The van der Waals surface area contributed by atoms with E-state index in [4.69, 9.17) is 16.3 Å². The van der Waals surface area contributed by atoms with Crippen molar-refractivity contribution >= 4 is 23.2 Å². The third kappa shape index (κ3) is 2.73. The van der Waals surface area contributed by atoms with E-state index in [-0.39, 0.29) is 17.5 Å². The zero-order chi connectivity index (χ0) is 12.4. The molecule has 0 saturated carbocycles. The van der Waals surface area contributed by atoms with E-state index in [1.165, 1.54) is 0 Å². The van der Waals surface area contributed by atoms with Crippen LogP contribution in [0.3, 0.4) is 0 Å². The smallest absolute Gasteiger partial charge is 0.230 e. The number of rotatable bonds is 2. The van der Waals surface area contributed by atoms with Crippen LogP contribution < -0.4 is 5.32 Å². The fourth-order valence-electron chi connectivity index (χ4n) is 1.63. The maximum Gasteiger partial charge on any atom is 0.230 e. The molecule has 17 heavy (non-hydrogen) atoms. The van der Waals surface area contributed by atoms with Gasteiger partial charge in [0.1, 0.15) is 5.69 Å². The molecule has 1 N–H and O–H groups in total. The minimum absolute atomic E-state index is 0.0535. The first-order valence-corrected chi connectivity index (χ1v) is 5.49. The molecule has 0 aromatic heterocycles. The second-order valence-corrected chi connectivity index (χ2v) is 4.23. The molecule has 1 amide bonds. The van der Waals surface area contributed by atoms with Crippen molar-refractivity contribution < 1.29 is 18.3 Å². The monoisotopic (exact) mass is 261 g/mol. The van der Waals surface area contributed by atoms with Crippen molar-refractivity contribution in [1.82, 2.24) is 0 Å². The number of anilines is 1. The first-order chi connectivity index (χ1) is 8.08. The van der Waals surface area contributed by atoms with Crippen LogP contribution in [0, 0.1) is 17.6 Å². The lowest BCUT2D eigenvalue weighted by Gasteiger charge is -2.11. The highest BCUT2D eigenvalue weighted by Crippen LogP contribution is 2.24. The third-order valence-corrected chi connectivity index (χ3v) is 2.77. The molecule has 2 rings (SSSR count). The van der Waals surface area contributed by atoms with Gasteiger partial charge in [0.15, 0.2) is 11.6 Å². The van der Waals surface area contributed by atoms with E-state index in [1.54, 1.807) is 0 Å². The first kappa shape index (κ1) is 12.3. The van der Waals surface area contributed by atoms with E-state index in [2.05, 4.69) is 5.32 Å². The molecule has 0 bridgehead atoms. The van der Waals surface area contributed by atoms with Crippen LogP contribution in [0.4, 0.5) is 14.5 Å². The summed E-state index contributed by atoms with van der Waals surface area (Å²) in [4.78, 5) is 11.6. The lowest BCUT2D eigenvalue weighted by molar-refractivity contribution is -0.119. The van der Waals surface area contributed by atoms with Gasteiger partial charge in [-0.1, -0.05) is 11.6 Å². The minimum Gasteiger partial charge on any atom is -0.381 e. The molecule has 3 nitrogen and oxygen atoms in total. The number of benzene rings is 1. The molecule has 1 aliphatic heterocycles. The van der Waals surface area contributed by atoms with Crippen LogP contribution in [-0.2, 0) is 9.53 Å². The van der Waals surface area contributed by atoms with Gasteiger partial charge < -0.3 is 10.1 Å². The van der Waals surface area contributed by atoms with Gasteiger partial charge >= 0.3 is 0 Å². The van der Waals surface area contributed by atoms with Crippen LogP contribution in [0.25, 0.3) is 0 Å². The summed E-state index contributed by atoms with van der Waals surface area (Å²) < 4.78 is 31.8. The van der Waals surface area contributed by atoms with E-state index in [9.17, 15) is 13.6 Å². The predicted octanol–water partition coefficient (Wildman–Crippen LogP) is 2.59. The van der Waals surface area contributed by atoms with Gasteiger partial charge in [-0.05, 0) is 18.6 Å². The molecule has 92 valence electrons. The SMILES string of the molecule is O=C(Nc1c(F)cc(Cl)cc1F)C1CCOC1. The molecule has 0 radical (unpaired) electrons. The molecule has 1 fully saturated rings. The van der Waals surface area contributed by atoms with Crippen molar-refractivity contribution in [2.24, 2.45) is 5.92 Å². The Kier molecular flexibility index (Phi) is 3.59. The number of halogens is 3. The fourth-order valence-corrected chi connectivity index (χ4v) is 1.82. The van der Waals surface area contributed by atoms with E-state index >= 15 is 0 Å². The Balaban J connectivity index is 2.15. The van der Waals surface area contributed by atoms with Gasteiger partial charge in [0.05, 0.1) is 12.5 Å². The molecule has 1 aliphatic rings. The highest BCUT2D eigenvalue weighted by Gasteiger charge is 2.25. The average molecular weight is 262 g/mol. The van der Waals surface area contributed by atoms with Crippen molar-refractivity contribution in [3.63, 3.8) is 0 Å². The summed E-state index contributed by atoms with van der Waals surface area (Å²) in [6, 6.07) is 1.90. The number of nitrogens with one attached hydrogen (secondary N) is 1. The van der Waals surface area contributed by atoms with Crippen LogP contribution in [0.1, 0.15) is 6.42 Å². The number of carbonyl (C=O) groups excluding carboxylic acids is 1. The van der Waals surface area contributed by atoms with Gasteiger partial charge in [-0.3, -0.25) is 4.79 Å². The summed E-state index contributed by atoms with van der Waals surface area (Å²) >= 11 is 5.47. The van der Waals surface area contributed by atoms with Crippen molar-refractivity contribution in [2.75, 3.05) is 18.5 Å². The fraction of sp³-hybridized carbons (Fsp3) is 0.364. The molecule has 1 unspecified atom stereocenters. The first-order valence-electron chi connectivity index (χ1n) is 5.11. The van der Waals surface area contributed by atoms with E-state index in [1.807, 2.05) is 0 Å². The quantitative estimate of drug-likeness (QED) is 0.889. The van der Waals surface area contributed by atoms with Crippen LogP contribution in [0.5, 0.6) is 0 Å². The van der Waals surface area contributed by atoms with Gasteiger partial charge in [-0.15, -0.1) is 0 Å². The molecular weight excluding hydrogens is 252 g/mol. The largest absolute Gasteiger partial charge is 0.381 e. The predicted molar refractivity (Wildman–Crippen MR) is 58.9 cm³/mol. The number of amides is 1. The molecule has 0 aliphatic carbocycles. The number of hydrogen-bond acceptors (Lipinski definition) is 2. The van der Waals surface area contributed by atoms with Gasteiger partial charge in [0.2, 0.25) is 5.91 Å². The van der Waals surface area contributed by atoms with E-state index < -0.39 is 23.2 Å². The summed E-state index contributed by atoms with van der Waals surface area (Å²) in [5.41, 5.74) is -0.466. The Morgan fingerprint density at radius 3 is 2.59 bits per heavy atom. The highest BCUT2D eigenvalue weighted by molar-refractivity contribution is 6.30. The van der Waals surface area contributed by atoms with Gasteiger partial charge in [0, 0.05) is 11.6 Å². The Morgan fingerprint density at radius 2 is 2.06 bits per heavy atom. The van der Waals surface area contributed by atoms with Crippen molar-refractivity contribution in [3.05, 3.63) is 28.8 Å². The maximum atomic E-state index is 13.4. The summed E-state index contributed by atoms with van der Waals surface area (Å²) in [7, 11) is 0. The number of ether oxygens (including phenoxy) is 1.